The van der Waals surface area contributed by atoms with Crippen LogP contribution < -0.4 is 9.47 Å². The van der Waals surface area contributed by atoms with E-state index in [-0.39, 0.29) is 0 Å². The lowest BCUT2D eigenvalue weighted by atomic mass is 10.0. The Bertz CT molecular complexity index is 1170. The van der Waals surface area contributed by atoms with Crippen LogP contribution in [0.5, 0.6) is 11.5 Å². The van der Waals surface area contributed by atoms with E-state index in [1.54, 1.807) is 24.3 Å². The van der Waals surface area contributed by atoms with Gasteiger partial charge in [-0.05, 0) is 88.7 Å². The predicted molar refractivity (Wildman–Crippen MR) is 133 cm³/mol. The van der Waals surface area contributed by atoms with E-state index in [0.29, 0.717) is 35.8 Å². The molecule has 0 saturated heterocycles. The molecule has 3 aromatic carbocycles. The van der Waals surface area contributed by atoms with E-state index in [0.717, 1.165) is 24.7 Å². The van der Waals surface area contributed by atoms with E-state index in [1.165, 1.54) is 0 Å². The molecule has 0 aromatic heterocycles. The molecule has 3 rings (SSSR count). The van der Waals surface area contributed by atoms with Crippen LogP contribution >= 0.6 is 38.5 Å². The monoisotopic (exact) mass is 584 g/mol. The van der Waals surface area contributed by atoms with Crippen LogP contribution in [0.4, 0.5) is 0 Å². The van der Waals surface area contributed by atoms with Crippen molar-refractivity contribution in [3.63, 3.8) is 0 Å². The maximum atomic E-state index is 9.65. The average Bonchev–Trinajstić information content (AvgIpc) is 2.78. The molecule has 0 aliphatic rings. The van der Waals surface area contributed by atoms with Gasteiger partial charge in [0.05, 0.1) is 33.5 Å². The van der Waals surface area contributed by atoms with E-state index < -0.39 is 0 Å². The van der Waals surface area contributed by atoms with Crippen LogP contribution in [0, 0.1) is 26.2 Å². The quantitative estimate of drug-likeness (QED) is 0.171. The van der Waals surface area contributed by atoms with Gasteiger partial charge >= 0.3 is 0 Å². The number of hydrogen-bond acceptors (Lipinski definition) is 4. The topological polar surface area (TPSA) is 66.0 Å². The van der Waals surface area contributed by atoms with Crippen molar-refractivity contribution in [3.8, 4) is 23.6 Å². The molecule has 0 N–H and O–H groups in total. The Morgan fingerprint density at radius 3 is 2.35 bits per heavy atom. The molecule has 0 heterocycles. The molecule has 0 spiro atoms. The summed E-state index contributed by atoms with van der Waals surface area (Å²) >= 11 is 5.66. The van der Waals surface area contributed by atoms with Crippen molar-refractivity contribution in [2.45, 2.75) is 13.5 Å². The molecule has 0 fully saturated rings. The van der Waals surface area contributed by atoms with Crippen molar-refractivity contribution in [2.24, 2.45) is 0 Å². The van der Waals surface area contributed by atoms with Crippen LogP contribution in [0.3, 0.4) is 0 Å². The molecule has 0 saturated carbocycles. The van der Waals surface area contributed by atoms with Gasteiger partial charge in [-0.3, -0.25) is 0 Å². The fraction of sp³-hybridized carbons (Fsp3) is 0.120. The van der Waals surface area contributed by atoms with Gasteiger partial charge in [-0.15, -0.1) is 0 Å². The largest absolute Gasteiger partial charge is 0.490 e. The van der Waals surface area contributed by atoms with Crippen LogP contribution in [-0.4, -0.2) is 6.61 Å². The number of halogens is 2. The Kier molecular flexibility index (Phi) is 8.11. The third-order valence-electron chi connectivity index (χ3n) is 4.38. The third kappa shape index (κ3) is 6.10. The minimum Gasteiger partial charge on any atom is -0.490 e. The Balaban J connectivity index is 1.90. The highest BCUT2D eigenvalue weighted by Gasteiger charge is 2.13. The summed E-state index contributed by atoms with van der Waals surface area (Å²) in [4.78, 5) is 0. The minimum absolute atomic E-state index is 0.424. The average molecular weight is 585 g/mol. The van der Waals surface area contributed by atoms with Gasteiger partial charge in [0.1, 0.15) is 6.61 Å². The third-order valence-corrected chi connectivity index (χ3v) is 5.71. The van der Waals surface area contributed by atoms with Crippen molar-refractivity contribution in [1.82, 2.24) is 0 Å². The first-order chi connectivity index (χ1) is 15.0. The summed E-state index contributed by atoms with van der Waals surface area (Å²) < 4.78 is 13.8. The molecule has 0 unspecified atom stereocenters. The number of benzene rings is 3. The Morgan fingerprint density at radius 1 is 1.03 bits per heavy atom. The molecule has 0 aliphatic carbocycles. The lowest BCUT2D eigenvalue weighted by molar-refractivity contribution is 0.267. The van der Waals surface area contributed by atoms with Crippen molar-refractivity contribution in [1.29, 1.82) is 10.5 Å². The number of nitrogens with zero attached hydrogens (tertiary/aromatic N) is 2. The fourth-order valence-electron chi connectivity index (χ4n) is 2.88. The van der Waals surface area contributed by atoms with E-state index in [2.05, 4.69) is 50.7 Å². The van der Waals surface area contributed by atoms with Gasteiger partial charge in [0.2, 0.25) is 0 Å². The summed E-state index contributed by atoms with van der Waals surface area (Å²) in [6, 6.07) is 23.1. The zero-order valence-corrected chi connectivity index (χ0v) is 20.5. The normalized spacial score (nSPS) is 10.8. The fourth-order valence-corrected chi connectivity index (χ4v) is 3.93. The summed E-state index contributed by atoms with van der Waals surface area (Å²) in [5, 5.41) is 18.6. The Morgan fingerprint density at radius 2 is 1.74 bits per heavy atom. The van der Waals surface area contributed by atoms with Crippen molar-refractivity contribution >= 4 is 50.2 Å². The maximum absolute atomic E-state index is 9.65. The van der Waals surface area contributed by atoms with E-state index >= 15 is 0 Å². The van der Waals surface area contributed by atoms with E-state index in [9.17, 15) is 5.26 Å². The second kappa shape index (κ2) is 11.0. The molecule has 6 heteroatoms. The molecule has 4 nitrogen and oxygen atoms in total. The SMILES string of the molecule is CCOc1cc(/C=C(/C#N)c2ccc(C#N)cc2)cc(I)c1OCc1ccc(Br)cc1. The highest BCUT2D eigenvalue weighted by Crippen LogP contribution is 2.36. The second-order valence-corrected chi connectivity index (χ2v) is 8.61. The molecule has 31 heavy (non-hydrogen) atoms. The van der Waals surface area contributed by atoms with Gasteiger partial charge in [0.15, 0.2) is 11.5 Å². The van der Waals surface area contributed by atoms with Crippen molar-refractivity contribution in [2.75, 3.05) is 6.61 Å². The summed E-state index contributed by atoms with van der Waals surface area (Å²) in [6.07, 6.45) is 1.81. The van der Waals surface area contributed by atoms with Crippen LogP contribution in [0.25, 0.3) is 11.6 Å². The predicted octanol–water partition coefficient (Wildman–Crippen LogP) is 6.97. The molecular formula is C25H18BrIN2O2. The molecule has 0 bridgehead atoms. The number of nitriles is 2. The zero-order valence-electron chi connectivity index (χ0n) is 16.7. The zero-order chi connectivity index (χ0) is 22.2. The molecule has 0 radical (unpaired) electrons. The Hall–Kier alpha value is -2.81. The van der Waals surface area contributed by atoms with Gasteiger partial charge in [-0.25, -0.2) is 0 Å². The lowest BCUT2D eigenvalue weighted by Gasteiger charge is -2.15. The number of rotatable bonds is 7. The maximum Gasteiger partial charge on any atom is 0.175 e. The summed E-state index contributed by atoms with van der Waals surface area (Å²) in [5.41, 5.74) is 3.71. The minimum atomic E-state index is 0.424. The smallest absolute Gasteiger partial charge is 0.175 e. The van der Waals surface area contributed by atoms with E-state index in [4.69, 9.17) is 14.7 Å². The van der Waals surface area contributed by atoms with Gasteiger partial charge < -0.3 is 9.47 Å². The van der Waals surface area contributed by atoms with Crippen LogP contribution in [0.2, 0.25) is 0 Å². The highest BCUT2D eigenvalue weighted by molar-refractivity contribution is 14.1. The molecular weight excluding hydrogens is 567 g/mol. The van der Waals surface area contributed by atoms with Crippen molar-refractivity contribution < 1.29 is 9.47 Å². The number of allylic oxidation sites excluding steroid dienone is 1. The number of ether oxygens (including phenoxy) is 2. The summed E-state index contributed by atoms with van der Waals surface area (Å²) in [5.74, 6) is 1.31. The van der Waals surface area contributed by atoms with Gasteiger partial charge in [-0.2, -0.15) is 10.5 Å². The highest BCUT2D eigenvalue weighted by atomic mass is 127. The summed E-state index contributed by atoms with van der Waals surface area (Å²) in [6.45, 7) is 2.84. The number of hydrogen-bond donors (Lipinski definition) is 0. The van der Waals surface area contributed by atoms with Crippen molar-refractivity contribution in [3.05, 3.63) is 91.0 Å². The van der Waals surface area contributed by atoms with Crippen LogP contribution in [0.1, 0.15) is 29.2 Å². The molecule has 0 atom stereocenters. The molecule has 154 valence electrons. The summed E-state index contributed by atoms with van der Waals surface area (Å²) in [7, 11) is 0. The second-order valence-electron chi connectivity index (χ2n) is 6.54. The molecule has 3 aromatic rings. The van der Waals surface area contributed by atoms with Crippen LogP contribution in [-0.2, 0) is 6.61 Å². The first kappa shape index (κ1) is 22.9. The first-order valence-corrected chi connectivity index (χ1v) is 11.4. The van der Waals surface area contributed by atoms with Crippen LogP contribution in [0.15, 0.2) is 65.1 Å². The van der Waals surface area contributed by atoms with Gasteiger partial charge in [-0.1, -0.05) is 40.2 Å². The molecule has 0 amide bonds. The molecule has 0 aliphatic heterocycles. The Labute approximate surface area is 204 Å². The standard InChI is InChI=1S/C25H18BrIN2O2/c1-2-30-24-13-19(11-21(15-29)20-7-3-17(14-28)4-8-20)12-23(27)25(24)31-16-18-5-9-22(26)10-6-18/h3-13H,2,16H2,1H3/b21-11-. The van der Waals surface area contributed by atoms with Gasteiger partial charge in [0.25, 0.3) is 0 Å². The van der Waals surface area contributed by atoms with Gasteiger partial charge in [0, 0.05) is 4.47 Å². The first-order valence-electron chi connectivity index (χ1n) is 9.50. The van der Waals surface area contributed by atoms with E-state index in [1.807, 2.05) is 49.4 Å². The lowest BCUT2D eigenvalue weighted by Crippen LogP contribution is -2.02.